The number of nitrogens with zero attached hydrogens (tertiary/aromatic N) is 1. The van der Waals surface area contributed by atoms with E-state index in [1.165, 1.54) is 30.3 Å². The van der Waals surface area contributed by atoms with Crippen LogP contribution in [0.15, 0.2) is 47.4 Å². The van der Waals surface area contributed by atoms with Crippen molar-refractivity contribution in [3.05, 3.63) is 75.8 Å². The van der Waals surface area contributed by atoms with Crippen LogP contribution in [0.4, 0.5) is 10.1 Å². The number of benzene rings is 2. The monoisotopic (exact) mass is 534 g/mol. The number of rotatable bonds is 10. The number of carbonyl (C=O) groups excluding carboxylic acids is 1. The van der Waals surface area contributed by atoms with Gasteiger partial charge in [-0.2, -0.15) is 0 Å². The fourth-order valence-corrected chi connectivity index (χ4v) is 5.45. The van der Waals surface area contributed by atoms with Crippen molar-refractivity contribution in [3.63, 3.8) is 0 Å². The average molecular weight is 535 g/mol. The third-order valence-electron chi connectivity index (χ3n) is 5.95. The Balaban J connectivity index is 1.98. The number of ether oxygens (including phenoxy) is 1. The van der Waals surface area contributed by atoms with Crippen LogP contribution in [0, 0.1) is 19.7 Å². The van der Waals surface area contributed by atoms with Crippen molar-refractivity contribution < 1.29 is 22.3 Å². The lowest BCUT2D eigenvalue weighted by atomic mass is 10.1. The first-order chi connectivity index (χ1) is 16.9. The van der Waals surface area contributed by atoms with Crippen molar-refractivity contribution in [1.29, 1.82) is 0 Å². The predicted molar refractivity (Wildman–Crippen MR) is 142 cm³/mol. The summed E-state index contributed by atoms with van der Waals surface area (Å²) in [6.07, 6.45) is 3.56. The van der Waals surface area contributed by atoms with Gasteiger partial charge in [-0.25, -0.2) is 12.8 Å². The summed E-state index contributed by atoms with van der Waals surface area (Å²) in [6.45, 7) is 8.42. The molecule has 0 aliphatic heterocycles. The molecule has 0 fully saturated rings. The summed E-state index contributed by atoms with van der Waals surface area (Å²) in [5, 5.41) is 2.84. The molecule has 1 heterocycles. The SMILES string of the molecule is CCCCO[C@@H](C)Cc1cc(C(=O)Nc2ccc(S(C)(=O)=O)c(Cl)c2)c(C)n1-c1ccc(F)cc1C. The third kappa shape index (κ3) is 6.55. The smallest absolute Gasteiger partial charge is 0.257 e. The fraction of sp³-hybridized carbons (Fsp3) is 0.370. The molecule has 0 spiro atoms. The van der Waals surface area contributed by atoms with Crippen LogP contribution >= 0.6 is 11.6 Å². The van der Waals surface area contributed by atoms with E-state index in [9.17, 15) is 17.6 Å². The van der Waals surface area contributed by atoms with Crippen LogP contribution in [-0.2, 0) is 21.0 Å². The van der Waals surface area contributed by atoms with Crippen molar-refractivity contribution in [2.75, 3.05) is 18.2 Å². The average Bonchev–Trinajstić information content (AvgIpc) is 3.09. The molecule has 36 heavy (non-hydrogen) atoms. The zero-order chi connectivity index (χ0) is 26.6. The number of anilines is 1. The molecule has 0 aliphatic carbocycles. The van der Waals surface area contributed by atoms with Gasteiger partial charge in [-0.15, -0.1) is 0 Å². The van der Waals surface area contributed by atoms with E-state index < -0.39 is 9.84 Å². The second-order valence-electron chi connectivity index (χ2n) is 9.01. The van der Waals surface area contributed by atoms with E-state index in [-0.39, 0.29) is 27.7 Å². The van der Waals surface area contributed by atoms with Crippen LogP contribution in [0.25, 0.3) is 5.69 Å². The van der Waals surface area contributed by atoms with Crippen molar-refractivity contribution in [2.24, 2.45) is 0 Å². The first-order valence-electron chi connectivity index (χ1n) is 11.8. The molecule has 1 amide bonds. The van der Waals surface area contributed by atoms with Crippen LogP contribution < -0.4 is 5.32 Å². The lowest BCUT2D eigenvalue weighted by Crippen LogP contribution is -2.16. The number of hydrogen-bond donors (Lipinski definition) is 1. The van der Waals surface area contributed by atoms with E-state index in [4.69, 9.17) is 16.3 Å². The molecule has 3 rings (SSSR count). The Morgan fingerprint density at radius 2 is 1.89 bits per heavy atom. The summed E-state index contributed by atoms with van der Waals surface area (Å²) < 4.78 is 45.4. The zero-order valence-electron chi connectivity index (χ0n) is 21.2. The van der Waals surface area contributed by atoms with Gasteiger partial charge in [0.1, 0.15) is 5.82 Å². The molecule has 0 saturated heterocycles. The summed E-state index contributed by atoms with van der Waals surface area (Å²) in [5.74, 6) is -0.693. The van der Waals surface area contributed by atoms with Gasteiger partial charge in [0.05, 0.1) is 21.6 Å². The highest BCUT2D eigenvalue weighted by molar-refractivity contribution is 7.90. The molecular weight excluding hydrogens is 503 g/mol. The van der Waals surface area contributed by atoms with Crippen LogP contribution in [-0.4, -0.2) is 37.9 Å². The largest absolute Gasteiger partial charge is 0.378 e. The highest BCUT2D eigenvalue weighted by atomic mass is 35.5. The number of nitrogens with one attached hydrogen (secondary N) is 1. The molecule has 1 aromatic heterocycles. The van der Waals surface area contributed by atoms with Gasteiger partial charge in [0.2, 0.25) is 0 Å². The van der Waals surface area contributed by atoms with Gasteiger partial charge in [0.15, 0.2) is 9.84 Å². The van der Waals surface area contributed by atoms with Gasteiger partial charge >= 0.3 is 0 Å². The van der Waals surface area contributed by atoms with E-state index >= 15 is 0 Å². The summed E-state index contributed by atoms with van der Waals surface area (Å²) in [7, 11) is -3.48. The van der Waals surface area contributed by atoms with E-state index in [1.807, 2.05) is 31.4 Å². The molecule has 194 valence electrons. The Hall–Kier alpha value is -2.68. The Kier molecular flexibility index (Phi) is 8.98. The van der Waals surface area contributed by atoms with Gasteiger partial charge < -0.3 is 14.6 Å². The zero-order valence-corrected chi connectivity index (χ0v) is 22.8. The summed E-state index contributed by atoms with van der Waals surface area (Å²) in [4.78, 5) is 13.3. The molecule has 0 saturated carbocycles. The van der Waals surface area contributed by atoms with Crippen molar-refractivity contribution >= 4 is 33.0 Å². The van der Waals surface area contributed by atoms with Crippen LogP contribution in [0.5, 0.6) is 0 Å². The molecule has 0 radical (unpaired) electrons. The number of unbranched alkanes of at least 4 members (excludes halogenated alkanes) is 1. The van der Waals surface area contributed by atoms with Gasteiger partial charge in [0.25, 0.3) is 5.91 Å². The first kappa shape index (κ1) is 27.9. The first-order valence-corrected chi connectivity index (χ1v) is 14.1. The normalized spacial score (nSPS) is 12.5. The number of hydrogen-bond acceptors (Lipinski definition) is 4. The summed E-state index contributed by atoms with van der Waals surface area (Å²) in [5.41, 5.74) is 3.89. The maximum atomic E-state index is 13.8. The third-order valence-corrected chi connectivity index (χ3v) is 7.53. The topological polar surface area (TPSA) is 77.4 Å². The van der Waals surface area contributed by atoms with Crippen molar-refractivity contribution in [1.82, 2.24) is 4.57 Å². The molecule has 3 aromatic rings. The van der Waals surface area contributed by atoms with Crippen molar-refractivity contribution in [3.8, 4) is 5.69 Å². The minimum absolute atomic E-state index is 0.00405. The number of aromatic nitrogens is 1. The standard InChI is InChI=1S/C27H32ClFN2O4S/c1-6-7-12-35-18(3)14-22-16-23(19(4)31(22)25-10-8-20(29)13-17(25)2)27(32)30-21-9-11-26(24(28)15-21)36(5,33)34/h8-11,13,15-16,18H,6-7,12,14H2,1-5H3,(H,30,32)/t18-/m0/s1. The van der Waals surface area contributed by atoms with E-state index in [0.717, 1.165) is 36.0 Å². The minimum atomic E-state index is -3.48. The van der Waals surface area contributed by atoms with E-state index in [2.05, 4.69) is 12.2 Å². The van der Waals surface area contributed by atoms with Crippen molar-refractivity contribution in [2.45, 2.75) is 58.0 Å². The molecule has 0 unspecified atom stereocenters. The van der Waals surface area contributed by atoms with Crippen LogP contribution in [0.1, 0.15) is 54.0 Å². The molecule has 9 heteroatoms. The maximum absolute atomic E-state index is 13.8. The second kappa shape index (κ2) is 11.6. The fourth-order valence-electron chi connectivity index (χ4n) is 4.12. The molecule has 1 N–H and O–H groups in total. The molecule has 6 nitrogen and oxygen atoms in total. The quantitative estimate of drug-likeness (QED) is 0.310. The number of carbonyl (C=O) groups is 1. The number of halogens is 2. The van der Waals surface area contributed by atoms with E-state index in [1.54, 1.807) is 6.07 Å². The summed E-state index contributed by atoms with van der Waals surface area (Å²) in [6, 6.07) is 10.7. The number of sulfone groups is 1. The Labute approximate surface area is 217 Å². The highest BCUT2D eigenvalue weighted by Crippen LogP contribution is 2.28. The number of aryl methyl sites for hydroxylation is 1. The van der Waals surface area contributed by atoms with Gasteiger partial charge in [-0.1, -0.05) is 24.9 Å². The van der Waals surface area contributed by atoms with Gasteiger partial charge in [-0.05, 0) is 75.2 Å². The maximum Gasteiger partial charge on any atom is 0.257 e. The Morgan fingerprint density at radius 1 is 1.17 bits per heavy atom. The number of amides is 1. The second-order valence-corrected chi connectivity index (χ2v) is 11.4. The molecule has 2 aromatic carbocycles. The Morgan fingerprint density at radius 3 is 2.50 bits per heavy atom. The van der Waals surface area contributed by atoms with Gasteiger partial charge in [-0.3, -0.25) is 4.79 Å². The minimum Gasteiger partial charge on any atom is -0.378 e. The Bertz CT molecular complexity index is 1370. The molecular formula is C27H32ClFN2O4S. The molecule has 1 atom stereocenters. The lowest BCUT2D eigenvalue weighted by Gasteiger charge is -2.18. The van der Waals surface area contributed by atoms with Crippen LogP contribution in [0.3, 0.4) is 0 Å². The summed E-state index contributed by atoms with van der Waals surface area (Å²) >= 11 is 6.14. The lowest BCUT2D eigenvalue weighted by molar-refractivity contribution is 0.0635. The van der Waals surface area contributed by atoms with Crippen LogP contribution in [0.2, 0.25) is 5.02 Å². The highest BCUT2D eigenvalue weighted by Gasteiger charge is 2.22. The molecule has 0 bridgehead atoms. The molecule has 0 aliphatic rings. The van der Waals surface area contributed by atoms with E-state index in [0.29, 0.717) is 30.0 Å². The predicted octanol–water partition coefficient (Wildman–Crippen LogP) is 6.29. The van der Waals surface area contributed by atoms with Gasteiger partial charge in [0, 0.05) is 42.0 Å².